The van der Waals surface area contributed by atoms with Gasteiger partial charge in [-0.3, -0.25) is 19.2 Å². The molecule has 34 heavy (non-hydrogen) atoms. The van der Waals surface area contributed by atoms with Crippen molar-refractivity contribution in [1.82, 2.24) is 14.4 Å². The minimum absolute atomic E-state index is 0.125. The molecule has 2 fully saturated rings. The smallest absolute Gasteiger partial charge is 0.286 e. The molecule has 2 aliphatic rings. The minimum Gasteiger partial charge on any atom is -0.363 e. The summed E-state index contributed by atoms with van der Waals surface area (Å²) in [4.78, 5) is 53.2. The molecule has 0 bridgehead atoms. The van der Waals surface area contributed by atoms with Crippen molar-refractivity contribution < 1.29 is 14.4 Å². The lowest BCUT2D eigenvalue weighted by Crippen LogP contribution is -2.37. The molecule has 180 valence electrons. The summed E-state index contributed by atoms with van der Waals surface area (Å²) >= 11 is 0. The van der Waals surface area contributed by atoms with E-state index in [0.29, 0.717) is 41.7 Å². The van der Waals surface area contributed by atoms with Crippen LogP contribution in [0.5, 0.6) is 0 Å². The number of hydrogen-bond donors (Lipinski definition) is 1. The van der Waals surface area contributed by atoms with Crippen molar-refractivity contribution in [2.45, 2.75) is 33.2 Å². The van der Waals surface area contributed by atoms with Gasteiger partial charge in [-0.25, -0.2) is 0 Å². The van der Waals surface area contributed by atoms with E-state index >= 15 is 0 Å². The Bertz CT molecular complexity index is 1140. The van der Waals surface area contributed by atoms with Gasteiger partial charge in [-0.15, -0.1) is 0 Å². The van der Waals surface area contributed by atoms with Crippen LogP contribution in [0.4, 0.5) is 0 Å². The van der Waals surface area contributed by atoms with Crippen LogP contribution < -0.4 is 11.3 Å². The third-order valence-corrected chi connectivity index (χ3v) is 7.19. The first-order valence-electron chi connectivity index (χ1n) is 11.8. The monoisotopic (exact) mass is 464 g/mol. The SMILES string of the molecule is Cc1cc(=O)n(CC(=O)C(N)=O)c(C)c1C(=O)N1CC2CN(CCCc3ccccc3)C[C@H]2C1. The zero-order valence-electron chi connectivity index (χ0n) is 19.8. The van der Waals surface area contributed by atoms with Crippen molar-refractivity contribution in [2.75, 3.05) is 32.7 Å². The van der Waals surface area contributed by atoms with E-state index in [0.717, 1.165) is 32.5 Å². The molecule has 8 nitrogen and oxygen atoms in total. The minimum atomic E-state index is -1.10. The number of rotatable bonds is 8. The van der Waals surface area contributed by atoms with Gasteiger partial charge in [0.25, 0.3) is 17.4 Å². The summed E-state index contributed by atoms with van der Waals surface area (Å²) in [5, 5.41) is 0. The number of carbonyl (C=O) groups is 3. The Balaban J connectivity index is 1.38. The molecule has 2 saturated heterocycles. The molecule has 1 aromatic carbocycles. The molecule has 4 rings (SSSR count). The van der Waals surface area contributed by atoms with E-state index in [1.807, 2.05) is 11.0 Å². The number of amides is 2. The maximum Gasteiger partial charge on any atom is 0.286 e. The Morgan fingerprint density at radius 2 is 1.65 bits per heavy atom. The zero-order valence-corrected chi connectivity index (χ0v) is 19.8. The van der Waals surface area contributed by atoms with Crippen LogP contribution in [0.2, 0.25) is 0 Å². The highest BCUT2D eigenvalue weighted by Crippen LogP contribution is 2.32. The Morgan fingerprint density at radius 3 is 2.26 bits per heavy atom. The van der Waals surface area contributed by atoms with Crippen LogP contribution in [0, 0.1) is 25.7 Å². The van der Waals surface area contributed by atoms with Gasteiger partial charge in [0.2, 0.25) is 5.78 Å². The molecule has 0 spiro atoms. The van der Waals surface area contributed by atoms with Crippen molar-refractivity contribution in [2.24, 2.45) is 17.6 Å². The molecule has 0 saturated carbocycles. The summed E-state index contributed by atoms with van der Waals surface area (Å²) in [5.41, 5.74) is 7.39. The van der Waals surface area contributed by atoms with Gasteiger partial charge in [0, 0.05) is 37.9 Å². The number of ketones is 1. The van der Waals surface area contributed by atoms with Crippen LogP contribution >= 0.6 is 0 Å². The van der Waals surface area contributed by atoms with Gasteiger partial charge in [0.05, 0.1) is 12.1 Å². The van der Waals surface area contributed by atoms with Crippen LogP contribution in [0.15, 0.2) is 41.2 Å². The quantitative estimate of drug-likeness (QED) is 0.590. The van der Waals surface area contributed by atoms with E-state index in [1.165, 1.54) is 16.2 Å². The van der Waals surface area contributed by atoms with Crippen molar-refractivity contribution in [1.29, 1.82) is 0 Å². The number of aryl methyl sites for hydroxylation is 2. The lowest BCUT2D eigenvalue weighted by atomic mass is 10.0. The molecule has 3 heterocycles. The summed E-state index contributed by atoms with van der Waals surface area (Å²) in [7, 11) is 0. The van der Waals surface area contributed by atoms with Crippen molar-refractivity contribution in [3.05, 3.63) is 69.1 Å². The summed E-state index contributed by atoms with van der Waals surface area (Å²) < 4.78 is 1.17. The molecule has 2 amide bonds. The fourth-order valence-corrected chi connectivity index (χ4v) is 5.41. The average Bonchev–Trinajstić information content (AvgIpc) is 3.36. The number of pyridine rings is 1. The first kappa shape index (κ1) is 23.9. The molecule has 0 radical (unpaired) electrons. The van der Waals surface area contributed by atoms with Crippen LogP contribution in [-0.2, 0) is 22.6 Å². The topological polar surface area (TPSA) is 106 Å². The number of likely N-dealkylation sites (tertiary alicyclic amines) is 2. The third kappa shape index (κ3) is 4.97. The highest BCUT2D eigenvalue weighted by Gasteiger charge is 2.42. The van der Waals surface area contributed by atoms with Crippen LogP contribution in [0.3, 0.4) is 0 Å². The van der Waals surface area contributed by atoms with Crippen LogP contribution in [0.25, 0.3) is 0 Å². The fourth-order valence-electron chi connectivity index (χ4n) is 5.41. The van der Waals surface area contributed by atoms with Gasteiger partial charge in [0.15, 0.2) is 0 Å². The Hall–Kier alpha value is -3.26. The lowest BCUT2D eigenvalue weighted by Gasteiger charge is -2.24. The molecule has 0 aliphatic carbocycles. The number of hydrogen-bond acceptors (Lipinski definition) is 5. The van der Waals surface area contributed by atoms with E-state index in [1.54, 1.807) is 13.8 Å². The predicted molar refractivity (Wildman–Crippen MR) is 128 cm³/mol. The Morgan fingerprint density at radius 1 is 1.00 bits per heavy atom. The summed E-state index contributed by atoms with van der Waals surface area (Å²) in [5.74, 6) is -1.19. The van der Waals surface area contributed by atoms with Gasteiger partial charge >= 0.3 is 0 Å². The van der Waals surface area contributed by atoms with E-state index in [4.69, 9.17) is 5.73 Å². The molecule has 2 aliphatic heterocycles. The zero-order chi connectivity index (χ0) is 24.4. The van der Waals surface area contributed by atoms with E-state index in [2.05, 4.69) is 29.2 Å². The molecule has 2 aromatic rings. The molecule has 1 aromatic heterocycles. The second-order valence-corrected chi connectivity index (χ2v) is 9.58. The summed E-state index contributed by atoms with van der Waals surface area (Å²) in [6.07, 6.45) is 2.19. The fraction of sp³-hybridized carbons (Fsp3) is 0.462. The van der Waals surface area contributed by atoms with Gasteiger partial charge in [-0.1, -0.05) is 30.3 Å². The molecular weight excluding hydrogens is 432 g/mol. The number of primary amides is 1. The number of Topliss-reactive ketones (excluding diaryl/α,β-unsaturated/α-hetero) is 1. The lowest BCUT2D eigenvalue weighted by molar-refractivity contribution is -0.136. The van der Waals surface area contributed by atoms with Gasteiger partial charge < -0.3 is 20.1 Å². The molecule has 1 unspecified atom stereocenters. The van der Waals surface area contributed by atoms with Crippen LogP contribution in [0.1, 0.15) is 33.6 Å². The largest absolute Gasteiger partial charge is 0.363 e. The average molecular weight is 465 g/mol. The second-order valence-electron chi connectivity index (χ2n) is 9.58. The van der Waals surface area contributed by atoms with Crippen molar-refractivity contribution >= 4 is 17.6 Å². The molecular formula is C26H32N4O4. The number of benzene rings is 1. The molecule has 2 N–H and O–H groups in total. The third-order valence-electron chi connectivity index (χ3n) is 7.19. The van der Waals surface area contributed by atoms with E-state index in [-0.39, 0.29) is 5.91 Å². The summed E-state index contributed by atoms with van der Waals surface area (Å²) in [6.45, 7) is 7.35. The van der Waals surface area contributed by atoms with Gasteiger partial charge in [-0.2, -0.15) is 0 Å². The van der Waals surface area contributed by atoms with Crippen molar-refractivity contribution in [3.8, 4) is 0 Å². The first-order valence-corrected chi connectivity index (χ1v) is 11.8. The highest BCUT2D eigenvalue weighted by atomic mass is 16.2. The normalized spacial score (nSPS) is 19.9. The van der Waals surface area contributed by atoms with E-state index in [9.17, 15) is 19.2 Å². The number of carbonyl (C=O) groups excluding carboxylic acids is 3. The molecule has 8 heteroatoms. The number of fused-ring (bicyclic) bond motifs is 1. The van der Waals surface area contributed by atoms with Crippen LogP contribution in [-0.4, -0.2) is 64.7 Å². The number of nitrogens with two attached hydrogens (primary N) is 1. The summed E-state index contributed by atoms with van der Waals surface area (Å²) in [6, 6.07) is 11.9. The second kappa shape index (κ2) is 9.93. The maximum atomic E-state index is 13.4. The van der Waals surface area contributed by atoms with Gasteiger partial charge in [0.1, 0.15) is 0 Å². The number of nitrogens with zero attached hydrogens (tertiary/aromatic N) is 3. The maximum absolute atomic E-state index is 13.4. The van der Waals surface area contributed by atoms with Crippen molar-refractivity contribution in [3.63, 3.8) is 0 Å². The van der Waals surface area contributed by atoms with E-state index < -0.39 is 23.8 Å². The number of aromatic nitrogens is 1. The standard InChI is InChI=1S/C26H32N4O4/c1-17-11-23(32)30(16-22(31)25(27)33)18(2)24(17)26(34)29-14-20-12-28(13-21(20)15-29)10-6-9-19-7-4-3-5-8-19/h3-5,7-8,11,20-21H,6,9-10,12-16H2,1-2H3,(H2,27,33)/t20-,21?/m0/s1. The Labute approximate surface area is 199 Å². The van der Waals surface area contributed by atoms with Gasteiger partial charge in [-0.05, 0) is 56.2 Å². The molecule has 2 atom stereocenters. The predicted octanol–water partition coefficient (Wildman–Crippen LogP) is 1.16. The first-order chi connectivity index (χ1) is 16.2. The Kier molecular flexibility index (Phi) is 6.97. The highest BCUT2D eigenvalue weighted by molar-refractivity contribution is 6.35.